The monoisotopic (exact) mass is 441 g/mol. The Labute approximate surface area is 185 Å². The number of benzene rings is 2. The minimum Gasteiger partial charge on any atom is -0.441 e. The van der Waals surface area contributed by atoms with Crippen molar-refractivity contribution in [3.63, 3.8) is 0 Å². The van der Waals surface area contributed by atoms with Gasteiger partial charge in [-0.3, -0.25) is 4.90 Å². The van der Waals surface area contributed by atoms with E-state index in [1.807, 2.05) is 6.07 Å². The van der Waals surface area contributed by atoms with Crippen molar-refractivity contribution in [3.05, 3.63) is 70.8 Å². The number of halogens is 2. The van der Waals surface area contributed by atoms with Gasteiger partial charge in [-0.25, -0.2) is 13.6 Å². The van der Waals surface area contributed by atoms with Gasteiger partial charge in [0.15, 0.2) is 11.6 Å². The Morgan fingerprint density at radius 3 is 2.56 bits per heavy atom. The van der Waals surface area contributed by atoms with E-state index in [1.54, 1.807) is 31.4 Å². The molecule has 0 bridgehead atoms. The highest BCUT2D eigenvalue weighted by Crippen LogP contribution is 2.35. The van der Waals surface area contributed by atoms with Crippen molar-refractivity contribution in [1.29, 1.82) is 5.26 Å². The molecular formula is C24H25F2N3O3. The average molecular weight is 441 g/mol. The molecule has 0 aliphatic carbocycles. The number of carbonyl (C=O) groups is 1. The van der Waals surface area contributed by atoms with E-state index < -0.39 is 17.2 Å². The number of alkyl carbamates (subject to hydrolysis) is 1. The van der Waals surface area contributed by atoms with E-state index in [0.717, 1.165) is 11.6 Å². The van der Waals surface area contributed by atoms with Crippen LogP contribution in [0, 0.1) is 23.0 Å². The minimum atomic E-state index is -0.909. The maximum atomic E-state index is 14.1. The van der Waals surface area contributed by atoms with Crippen LogP contribution in [0.15, 0.2) is 42.5 Å². The molecule has 2 aliphatic heterocycles. The highest BCUT2D eigenvalue weighted by Gasteiger charge is 2.44. The lowest BCUT2D eigenvalue weighted by molar-refractivity contribution is -0.0826. The molecule has 2 saturated heterocycles. The van der Waals surface area contributed by atoms with E-state index in [4.69, 9.17) is 9.47 Å². The van der Waals surface area contributed by atoms with Gasteiger partial charge in [0, 0.05) is 39.0 Å². The van der Waals surface area contributed by atoms with E-state index in [0.29, 0.717) is 50.0 Å². The summed E-state index contributed by atoms with van der Waals surface area (Å²) < 4.78 is 39.0. The van der Waals surface area contributed by atoms with Gasteiger partial charge in [0.05, 0.1) is 18.2 Å². The van der Waals surface area contributed by atoms with Crippen LogP contribution < -0.4 is 5.32 Å². The first-order valence-corrected chi connectivity index (χ1v) is 10.6. The summed E-state index contributed by atoms with van der Waals surface area (Å²) in [5, 5.41) is 12.0. The lowest BCUT2D eigenvalue weighted by Gasteiger charge is -2.41. The summed E-state index contributed by atoms with van der Waals surface area (Å²) in [6.07, 6.45) is 1.19. The zero-order valence-electron chi connectivity index (χ0n) is 17.8. The van der Waals surface area contributed by atoms with Crippen LogP contribution in [0.2, 0.25) is 0 Å². The summed E-state index contributed by atoms with van der Waals surface area (Å²) in [7, 11) is 1.63. The van der Waals surface area contributed by atoms with Gasteiger partial charge < -0.3 is 14.8 Å². The summed E-state index contributed by atoms with van der Waals surface area (Å²) in [4.78, 5) is 13.7. The molecule has 6 nitrogen and oxygen atoms in total. The van der Waals surface area contributed by atoms with Gasteiger partial charge in [0.25, 0.3) is 0 Å². The molecule has 2 unspecified atom stereocenters. The van der Waals surface area contributed by atoms with Crippen LogP contribution in [0.1, 0.15) is 41.9 Å². The molecule has 1 amide bonds. The van der Waals surface area contributed by atoms with Crippen molar-refractivity contribution in [2.24, 2.45) is 0 Å². The maximum Gasteiger partial charge on any atom is 0.407 e. The Bertz CT molecular complexity index is 1030. The molecule has 2 heterocycles. The highest BCUT2D eigenvalue weighted by molar-refractivity contribution is 5.70. The number of carbonyl (C=O) groups excluding carboxylic acids is 1. The van der Waals surface area contributed by atoms with Crippen LogP contribution >= 0.6 is 0 Å². The molecule has 0 aromatic heterocycles. The summed E-state index contributed by atoms with van der Waals surface area (Å²) >= 11 is 0. The molecule has 1 N–H and O–H groups in total. The number of amides is 1. The van der Waals surface area contributed by atoms with Crippen LogP contribution in [-0.2, 0) is 9.47 Å². The quantitative estimate of drug-likeness (QED) is 0.736. The number of hydrogen-bond acceptors (Lipinski definition) is 5. The van der Waals surface area contributed by atoms with Crippen molar-refractivity contribution in [2.75, 3.05) is 26.7 Å². The van der Waals surface area contributed by atoms with Gasteiger partial charge >= 0.3 is 6.09 Å². The van der Waals surface area contributed by atoms with E-state index in [-0.39, 0.29) is 18.2 Å². The lowest BCUT2D eigenvalue weighted by Crippen LogP contribution is -2.50. The number of piperidine rings is 1. The third-order valence-electron chi connectivity index (χ3n) is 6.45. The van der Waals surface area contributed by atoms with Crippen LogP contribution in [0.4, 0.5) is 13.6 Å². The second kappa shape index (κ2) is 9.23. The number of ether oxygens (including phenoxy) is 2. The fourth-order valence-corrected chi connectivity index (χ4v) is 4.62. The van der Waals surface area contributed by atoms with Crippen LogP contribution in [0.3, 0.4) is 0 Å². The Hall–Kier alpha value is -3.02. The molecule has 4 rings (SSSR count). The molecule has 2 fully saturated rings. The second-order valence-corrected chi connectivity index (χ2v) is 8.35. The van der Waals surface area contributed by atoms with Crippen molar-refractivity contribution in [1.82, 2.24) is 10.2 Å². The number of rotatable bonds is 6. The Morgan fingerprint density at radius 1 is 1.19 bits per heavy atom. The molecule has 2 aliphatic rings. The van der Waals surface area contributed by atoms with Crippen molar-refractivity contribution < 1.29 is 23.0 Å². The molecule has 2 atom stereocenters. The SMILES string of the molecule is COC(CC(c1cccc(C#N)c1)c1ccc(F)c(F)c1)N1CCC2(CC1)CNC(=O)O2. The first-order valence-electron chi connectivity index (χ1n) is 10.6. The molecule has 32 heavy (non-hydrogen) atoms. The van der Waals surface area contributed by atoms with Gasteiger partial charge in [0.1, 0.15) is 11.8 Å². The zero-order valence-corrected chi connectivity index (χ0v) is 17.8. The summed E-state index contributed by atoms with van der Waals surface area (Å²) in [6, 6.07) is 13.2. The van der Waals surface area contributed by atoms with E-state index in [9.17, 15) is 18.8 Å². The van der Waals surface area contributed by atoms with Gasteiger partial charge in [-0.1, -0.05) is 18.2 Å². The maximum absolute atomic E-state index is 14.1. The predicted molar refractivity (Wildman–Crippen MR) is 113 cm³/mol. The third-order valence-corrected chi connectivity index (χ3v) is 6.45. The van der Waals surface area contributed by atoms with E-state index in [2.05, 4.69) is 16.3 Å². The molecule has 0 saturated carbocycles. The van der Waals surface area contributed by atoms with Crippen LogP contribution in [0.25, 0.3) is 0 Å². The van der Waals surface area contributed by atoms with Crippen molar-refractivity contribution in [2.45, 2.75) is 37.0 Å². The van der Waals surface area contributed by atoms with Gasteiger partial charge in [-0.05, 0) is 41.8 Å². The van der Waals surface area contributed by atoms with E-state index >= 15 is 0 Å². The summed E-state index contributed by atoms with van der Waals surface area (Å²) in [5.74, 6) is -2.11. The van der Waals surface area contributed by atoms with Gasteiger partial charge in [0.2, 0.25) is 0 Å². The fourth-order valence-electron chi connectivity index (χ4n) is 4.62. The second-order valence-electron chi connectivity index (χ2n) is 8.35. The number of nitrogens with zero attached hydrogens (tertiary/aromatic N) is 2. The Balaban J connectivity index is 1.57. The topological polar surface area (TPSA) is 74.6 Å². The molecule has 1 spiro atoms. The summed E-state index contributed by atoms with van der Waals surface area (Å²) in [6.45, 7) is 1.86. The molecule has 0 radical (unpaired) electrons. The first kappa shape index (κ1) is 22.2. The molecule has 2 aromatic rings. The number of likely N-dealkylation sites (tertiary alicyclic amines) is 1. The smallest absolute Gasteiger partial charge is 0.407 e. The average Bonchev–Trinajstić information content (AvgIpc) is 3.17. The lowest BCUT2D eigenvalue weighted by atomic mass is 9.86. The number of nitrogens with one attached hydrogen (secondary N) is 1. The van der Waals surface area contributed by atoms with Gasteiger partial charge in [-0.15, -0.1) is 0 Å². The fraction of sp³-hybridized carbons (Fsp3) is 0.417. The van der Waals surface area contributed by atoms with Crippen molar-refractivity contribution >= 4 is 6.09 Å². The standard InChI is InChI=1S/C24H25F2N3O3/c1-31-22(29-9-7-24(8-10-29)15-28-23(30)32-24)13-19(17-4-2-3-16(11-17)14-27)18-5-6-20(25)21(26)12-18/h2-6,11-12,19,22H,7-10,13,15H2,1H3,(H,28,30). The molecule has 168 valence electrons. The third kappa shape index (κ3) is 4.59. The minimum absolute atomic E-state index is 0.290. The number of nitriles is 1. The predicted octanol–water partition coefficient (Wildman–Crippen LogP) is 3.91. The normalized spacial score (nSPS) is 19.8. The largest absolute Gasteiger partial charge is 0.441 e. The Morgan fingerprint density at radius 2 is 1.94 bits per heavy atom. The molecule has 2 aromatic carbocycles. The molecule has 8 heteroatoms. The summed E-state index contributed by atoms with van der Waals surface area (Å²) in [5.41, 5.74) is 1.48. The number of methoxy groups -OCH3 is 1. The van der Waals surface area contributed by atoms with E-state index in [1.165, 1.54) is 6.07 Å². The van der Waals surface area contributed by atoms with Gasteiger partial charge in [-0.2, -0.15) is 5.26 Å². The Kier molecular flexibility index (Phi) is 6.40. The first-order chi connectivity index (χ1) is 15.4. The van der Waals surface area contributed by atoms with Crippen LogP contribution in [0.5, 0.6) is 0 Å². The van der Waals surface area contributed by atoms with Crippen LogP contribution in [-0.4, -0.2) is 49.6 Å². The van der Waals surface area contributed by atoms with Crippen molar-refractivity contribution in [3.8, 4) is 6.07 Å². The zero-order chi connectivity index (χ0) is 22.7. The highest BCUT2D eigenvalue weighted by atomic mass is 19.2. The molecular weight excluding hydrogens is 416 g/mol. The number of hydrogen-bond donors (Lipinski definition) is 1.